The Bertz CT molecular complexity index is 447. The van der Waals surface area contributed by atoms with Gasteiger partial charge in [-0.05, 0) is 12.5 Å². The van der Waals surface area contributed by atoms with E-state index in [1.54, 1.807) is 6.07 Å². The molecule has 0 fully saturated rings. The van der Waals surface area contributed by atoms with Gasteiger partial charge < -0.3 is 9.84 Å². The molecule has 0 saturated carbocycles. The van der Waals surface area contributed by atoms with Gasteiger partial charge in [0.05, 0.1) is 6.61 Å². The van der Waals surface area contributed by atoms with Crippen LogP contribution in [0.4, 0.5) is 8.78 Å². The van der Waals surface area contributed by atoms with Crippen molar-refractivity contribution in [2.75, 3.05) is 6.61 Å². The molecule has 0 aliphatic carbocycles. The zero-order chi connectivity index (χ0) is 14.5. The molecule has 1 aromatic carbocycles. The Kier molecular flexibility index (Phi) is 4.97. The molecular weight excluding hydrogens is 258 g/mol. The molecule has 0 spiro atoms. The SMILES string of the molecule is CCOC(=O)C(CC(F)F)(C(=O)O)c1ccccc1. The lowest BCUT2D eigenvalue weighted by molar-refractivity contribution is -0.164. The maximum atomic E-state index is 12.7. The molecule has 1 atom stereocenters. The second-order valence-corrected chi connectivity index (χ2v) is 3.89. The molecule has 19 heavy (non-hydrogen) atoms. The zero-order valence-corrected chi connectivity index (χ0v) is 10.3. The van der Waals surface area contributed by atoms with Gasteiger partial charge in [0.1, 0.15) is 0 Å². The Morgan fingerprint density at radius 1 is 1.32 bits per heavy atom. The number of rotatable bonds is 6. The van der Waals surface area contributed by atoms with E-state index in [4.69, 9.17) is 0 Å². The van der Waals surface area contributed by atoms with Gasteiger partial charge in [-0.2, -0.15) is 0 Å². The van der Waals surface area contributed by atoms with Crippen molar-refractivity contribution in [3.8, 4) is 0 Å². The van der Waals surface area contributed by atoms with E-state index in [0.29, 0.717) is 0 Å². The number of aliphatic carboxylic acids is 1. The van der Waals surface area contributed by atoms with E-state index in [2.05, 4.69) is 4.74 Å². The van der Waals surface area contributed by atoms with Crippen LogP contribution in [0.15, 0.2) is 30.3 Å². The third kappa shape index (κ3) is 3.07. The summed E-state index contributed by atoms with van der Waals surface area (Å²) in [5, 5.41) is 9.29. The molecule has 6 heteroatoms. The van der Waals surface area contributed by atoms with E-state index in [1.807, 2.05) is 0 Å². The van der Waals surface area contributed by atoms with Gasteiger partial charge >= 0.3 is 11.9 Å². The van der Waals surface area contributed by atoms with E-state index in [0.717, 1.165) is 0 Å². The summed E-state index contributed by atoms with van der Waals surface area (Å²) < 4.78 is 30.1. The van der Waals surface area contributed by atoms with Crippen LogP contribution in [-0.2, 0) is 19.7 Å². The number of carboxylic acid groups (broad SMARTS) is 1. The van der Waals surface area contributed by atoms with Gasteiger partial charge in [0.25, 0.3) is 0 Å². The first-order valence-corrected chi connectivity index (χ1v) is 5.69. The fourth-order valence-corrected chi connectivity index (χ4v) is 1.83. The summed E-state index contributed by atoms with van der Waals surface area (Å²) in [5.74, 6) is -2.81. The van der Waals surface area contributed by atoms with Gasteiger partial charge in [-0.3, -0.25) is 9.59 Å². The van der Waals surface area contributed by atoms with Gasteiger partial charge in [0, 0.05) is 6.42 Å². The van der Waals surface area contributed by atoms with E-state index in [1.165, 1.54) is 31.2 Å². The average molecular weight is 272 g/mol. The quantitative estimate of drug-likeness (QED) is 0.637. The van der Waals surface area contributed by atoms with Crippen LogP contribution in [0, 0.1) is 0 Å². The van der Waals surface area contributed by atoms with E-state index in [-0.39, 0.29) is 12.2 Å². The standard InChI is InChI=1S/C13H14F2O4/c1-2-19-12(18)13(11(16)17,8-10(14)15)9-6-4-3-5-7-9/h3-7,10H,2,8H2,1H3,(H,16,17). The molecule has 1 aromatic rings. The Balaban J connectivity index is 3.35. The van der Waals surface area contributed by atoms with Crippen molar-refractivity contribution in [3.63, 3.8) is 0 Å². The van der Waals surface area contributed by atoms with Crippen molar-refractivity contribution in [1.29, 1.82) is 0 Å². The topological polar surface area (TPSA) is 63.6 Å². The molecule has 0 saturated heterocycles. The summed E-state index contributed by atoms with van der Waals surface area (Å²) in [6.07, 6.45) is -4.06. The minimum absolute atomic E-state index is 0.0127. The zero-order valence-electron chi connectivity index (χ0n) is 10.3. The number of benzene rings is 1. The molecule has 0 aliphatic heterocycles. The minimum atomic E-state index is -2.94. The van der Waals surface area contributed by atoms with Crippen molar-refractivity contribution in [2.45, 2.75) is 25.2 Å². The third-order valence-electron chi connectivity index (χ3n) is 2.72. The highest BCUT2D eigenvalue weighted by atomic mass is 19.3. The average Bonchev–Trinajstić information content (AvgIpc) is 2.36. The van der Waals surface area contributed by atoms with Gasteiger partial charge in [0.2, 0.25) is 6.43 Å². The lowest BCUT2D eigenvalue weighted by Gasteiger charge is -2.27. The number of ether oxygens (including phenoxy) is 1. The minimum Gasteiger partial charge on any atom is -0.480 e. The summed E-state index contributed by atoms with van der Waals surface area (Å²) in [6.45, 7) is 1.40. The third-order valence-corrected chi connectivity index (χ3v) is 2.72. The maximum absolute atomic E-state index is 12.7. The number of carbonyl (C=O) groups is 2. The molecule has 0 aromatic heterocycles. The van der Waals surface area contributed by atoms with Gasteiger partial charge in [-0.15, -0.1) is 0 Å². The van der Waals surface area contributed by atoms with E-state index in [9.17, 15) is 23.5 Å². The fourth-order valence-electron chi connectivity index (χ4n) is 1.83. The van der Waals surface area contributed by atoms with Crippen LogP contribution in [0.1, 0.15) is 18.9 Å². The molecule has 0 heterocycles. The molecule has 1 rings (SSSR count). The lowest BCUT2D eigenvalue weighted by Crippen LogP contribution is -2.46. The smallest absolute Gasteiger partial charge is 0.328 e. The van der Waals surface area contributed by atoms with Crippen molar-refractivity contribution in [2.24, 2.45) is 0 Å². The van der Waals surface area contributed by atoms with Crippen LogP contribution in [0.3, 0.4) is 0 Å². The Hall–Kier alpha value is -1.98. The number of hydrogen-bond acceptors (Lipinski definition) is 3. The predicted molar refractivity (Wildman–Crippen MR) is 63.0 cm³/mol. The number of carboxylic acids is 1. The van der Waals surface area contributed by atoms with Crippen molar-refractivity contribution in [3.05, 3.63) is 35.9 Å². The molecule has 0 amide bonds. The summed E-state index contributed by atoms with van der Waals surface area (Å²) in [4.78, 5) is 23.3. The van der Waals surface area contributed by atoms with Crippen LogP contribution in [0.5, 0.6) is 0 Å². The van der Waals surface area contributed by atoms with Gasteiger partial charge in [-0.1, -0.05) is 30.3 Å². The van der Waals surface area contributed by atoms with Crippen LogP contribution in [0.25, 0.3) is 0 Å². The molecule has 104 valence electrons. The largest absolute Gasteiger partial charge is 0.480 e. The Morgan fingerprint density at radius 3 is 2.32 bits per heavy atom. The van der Waals surface area contributed by atoms with E-state index < -0.39 is 30.2 Å². The molecular formula is C13H14F2O4. The first-order chi connectivity index (χ1) is 8.95. The molecule has 0 radical (unpaired) electrons. The summed E-state index contributed by atoms with van der Waals surface area (Å²) in [5.41, 5.74) is -2.38. The summed E-state index contributed by atoms with van der Waals surface area (Å²) in [6, 6.07) is 7.22. The molecule has 0 aliphatic rings. The van der Waals surface area contributed by atoms with Crippen LogP contribution in [-0.4, -0.2) is 30.1 Å². The van der Waals surface area contributed by atoms with Crippen molar-refractivity contribution >= 4 is 11.9 Å². The highest BCUT2D eigenvalue weighted by molar-refractivity contribution is 6.05. The predicted octanol–water partition coefficient (Wildman–Crippen LogP) is 2.23. The van der Waals surface area contributed by atoms with Crippen LogP contribution < -0.4 is 0 Å². The summed E-state index contributed by atoms with van der Waals surface area (Å²) >= 11 is 0. The monoisotopic (exact) mass is 272 g/mol. The first kappa shape index (κ1) is 15.1. The van der Waals surface area contributed by atoms with Gasteiger partial charge in [0.15, 0.2) is 5.41 Å². The normalized spacial score (nSPS) is 13.9. The second kappa shape index (κ2) is 6.26. The number of carbonyl (C=O) groups excluding carboxylic acids is 1. The second-order valence-electron chi connectivity index (χ2n) is 3.89. The number of esters is 1. The summed E-state index contributed by atoms with van der Waals surface area (Å²) in [7, 11) is 0. The Morgan fingerprint density at radius 2 is 1.89 bits per heavy atom. The lowest BCUT2D eigenvalue weighted by atomic mass is 9.77. The first-order valence-electron chi connectivity index (χ1n) is 5.69. The Labute approximate surface area is 109 Å². The molecule has 1 N–H and O–H groups in total. The van der Waals surface area contributed by atoms with Crippen molar-refractivity contribution < 1.29 is 28.2 Å². The number of alkyl halides is 2. The van der Waals surface area contributed by atoms with Crippen LogP contribution in [0.2, 0.25) is 0 Å². The number of halogens is 2. The van der Waals surface area contributed by atoms with E-state index >= 15 is 0 Å². The number of hydrogen-bond donors (Lipinski definition) is 1. The van der Waals surface area contributed by atoms with Gasteiger partial charge in [-0.25, -0.2) is 8.78 Å². The molecule has 0 bridgehead atoms. The highest BCUT2D eigenvalue weighted by Crippen LogP contribution is 2.33. The molecule has 4 nitrogen and oxygen atoms in total. The molecule has 1 unspecified atom stereocenters. The maximum Gasteiger partial charge on any atom is 0.328 e. The van der Waals surface area contributed by atoms with Crippen LogP contribution >= 0.6 is 0 Å². The van der Waals surface area contributed by atoms with Crippen molar-refractivity contribution in [1.82, 2.24) is 0 Å². The highest BCUT2D eigenvalue weighted by Gasteiger charge is 2.51. The fraction of sp³-hybridized carbons (Fsp3) is 0.385.